The average molecular weight is 342 g/mol. The van der Waals surface area contributed by atoms with E-state index < -0.39 is 17.2 Å². The number of carbonyl (C=O) groups is 2. The van der Waals surface area contributed by atoms with Crippen molar-refractivity contribution in [1.29, 1.82) is 0 Å². The number of halogens is 2. The molecule has 0 aromatic heterocycles. The number of fused-ring (bicyclic) bond motifs is 1. The monoisotopic (exact) mass is 341 g/mol. The number of amides is 1. The lowest BCUT2D eigenvalue weighted by Gasteiger charge is -2.23. The Bertz CT molecular complexity index is 653. The molecule has 0 radical (unpaired) electrons. The minimum atomic E-state index is -0.818. The van der Waals surface area contributed by atoms with Crippen LogP contribution in [0.1, 0.15) is 19.3 Å². The first kappa shape index (κ1) is 16.1. The van der Waals surface area contributed by atoms with Gasteiger partial charge in [0.2, 0.25) is 0 Å². The lowest BCUT2D eigenvalue weighted by atomic mass is 9.81. The first-order valence-corrected chi connectivity index (χ1v) is 7.89. The van der Waals surface area contributed by atoms with Gasteiger partial charge in [0.25, 0.3) is 5.91 Å². The zero-order valence-corrected chi connectivity index (χ0v) is 13.2. The summed E-state index contributed by atoms with van der Waals surface area (Å²) in [4.78, 5) is 25.4. The number of hydrogen-bond acceptors (Lipinski definition) is 3. The van der Waals surface area contributed by atoms with Gasteiger partial charge in [-0.2, -0.15) is 0 Å². The highest BCUT2D eigenvalue weighted by Gasteiger charge is 2.55. The van der Waals surface area contributed by atoms with E-state index in [0.717, 1.165) is 12.8 Å². The van der Waals surface area contributed by atoms with Crippen molar-refractivity contribution in [3.63, 3.8) is 0 Å². The first-order valence-electron chi connectivity index (χ1n) is 7.51. The molecule has 124 valence electrons. The normalized spacial score (nSPS) is 26.2. The molecule has 1 aliphatic carbocycles. The Kier molecular flexibility index (Phi) is 4.19. The molecule has 23 heavy (non-hydrogen) atoms. The zero-order chi connectivity index (χ0) is 16.6. The lowest BCUT2D eigenvalue weighted by Crippen LogP contribution is -2.38. The van der Waals surface area contributed by atoms with E-state index in [1.165, 1.54) is 18.2 Å². The SMILES string of the molecule is O=C(COc1ccc(F)c(Cl)c1)N1C[C@@H]2CCC[C@@]2(C(=O)O)C1. The van der Waals surface area contributed by atoms with E-state index in [-0.39, 0.29) is 30.0 Å². The van der Waals surface area contributed by atoms with Gasteiger partial charge in [0.1, 0.15) is 11.6 Å². The molecule has 2 aliphatic rings. The van der Waals surface area contributed by atoms with Crippen LogP contribution in [0, 0.1) is 17.2 Å². The summed E-state index contributed by atoms with van der Waals surface area (Å²) in [6.07, 6.45) is 2.35. The van der Waals surface area contributed by atoms with Crippen LogP contribution in [-0.4, -0.2) is 41.6 Å². The Labute approximate surface area is 138 Å². The van der Waals surface area contributed by atoms with Crippen molar-refractivity contribution in [2.75, 3.05) is 19.7 Å². The average Bonchev–Trinajstić information content (AvgIpc) is 3.06. The van der Waals surface area contributed by atoms with Crippen molar-refractivity contribution in [3.8, 4) is 5.75 Å². The quantitative estimate of drug-likeness (QED) is 0.914. The third-order valence-corrected chi connectivity index (χ3v) is 5.19. The first-order chi connectivity index (χ1) is 10.9. The van der Waals surface area contributed by atoms with Gasteiger partial charge in [-0.1, -0.05) is 18.0 Å². The highest BCUT2D eigenvalue weighted by Crippen LogP contribution is 2.48. The number of benzene rings is 1. The van der Waals surface area contributed by atoms with Crippen LogP contribution in [-0.2, 0) is 9.59 Å². The molecule has 1 saturated heterocycles. The summed E-state index contributed by atoms with van der Waals surface area (Å²) >= 11 is 5.66. The van der Waals surface area contributed by atoms with Gasteiger partial charge in [-0.25, -0.2) is 4.39 Å². The Balaban J connectivity index is 1.61. The minimum Gasteiger partial charge on any atom is -0.484 e. The second-order valence-electron chi connectivity index (χ2n) is 6.19. The highest BCUT2D eigenvalue weighted by molar-refractivity contribution is 6.30. The molecule has 0 spiro atoms. The van der Waals surface area contributed by atoms with E-state index in [0.29, 0.717) is 18.7 Å². The van der Waals surface area contributed by atoms with E-state index in [9.17, 15) is 19.1 Å². The molecule has 1 aromatic carbocycles. The number of carboxylic acids is 1. The van der Waals surface area contributed by atoms with E-state index >= 15 is 0 Å². The molecule has 5 nitrogen and oxygen atoms in total. The van der Waals surface area contributed by atoms with Crippen molar-refractivity contribution in [2.45, 2.75) is 19.3 Å². The molecule has 1 aromatic rings. The largest absolute Gasteiger partial charge is 0.484 e. The van der Waals surface area contributed by atoms with Crippen LogP contribution in [0.25, 0.3) is 0 Å². The molecule has 1 aliphatic heterocycles. The second-order valence-corrected chi connectivity index (χ2v) is 6.60. The second kappa shape index (κ2) is 6.00. The maximum absolute atomic E-state index is 13.1. The van der Waals surface area contributed by atoms with E-state index in [4.69, 9.17) is 16.3 Å². The fraction of sp³-hybridized carbons (Fsp3) is 0.500. The molecule has 2 fully saturated rings. The Morgan fingerprint density at radius 3 is 2.91 bits per heavy atom. The number of carbonyl (C=O) groups excluding carboxylic acids is 1. The molecule has 0 bridgehead atoms. The van der Waals surface area contributed by atoms with Gasteiger partial charge >= 0.3 is 5.97 Å². The minimum absolute atomic E-state index is 0.0178. The summed E-state index contributed by atoms with van der Waals surface area (Å²) in [5.41, 5.74) is -0.797. The fourth-order valence-corrected chi connectivity index (χ4v) is 3.80. The number of likely N-dealkylation sites (tertiary alicyclic amines) is 1. The topological polar surface area (TPSA) is 66.8 Å². The summed E-state index contributed by atoms with van der Waals surface area (Å²) in [6, 6.07) is 3.87. The van der Waals surface area contributed by atoms with Crippen molar-refractivity contribution in [1.82, 2.24) is 4.90 Å². The van der Waals surface area contributed by atoms with Crippen LogP contribution in [0.15, 0.2) is 18.2 Å². The number of hydrogen-bond donors (Lipinski definition) is 1. The van der Waals surface area contributed by atoms with Crippen LogP contribution in [0.5, 0.6) is 5.75 Å². The van der Waals surface area contributed by atoms with Crippen LogP contribution < -0.4 is 4.74 Å². The third-order valence-electron chi connectivity index (χ3n) is 4.90. The van der Waals surface area contributed by atoms with Crippen LogP contribution in [0.2, 0.25) is 5.02 Å². The van der Waals surface area contributed by atoms with Gasteiger partial charge in [-0.05, 0) is 30.9 Å². The maximum atomic E-state index is 13.1. The van der Waals surface area contributed by atoms with Gasteiger partial charge in [0.15, 0.2) is 6.61 Å². The van der Waals surface area contributed by atoms with Crippen molar-refractivity contribution < 1.29 is 23.8 Å². The molecule has 1 amide bonds. The molecule has 2 atom stereocenters. The van der Waals surface area contributed by atoms with Crippen molar-refractivity contribution in [2.24, 2.45) is 11.3 Å². The lowest BCUT2D eigenvalue weighted by molar-refractivity contribution is -0.149. The summed E-state index contributed by atoms with van der Waals surface area (Å²) in [6.45, 7) is 0.475. The van der Waals surface area contributed by atoms with Gasteiger partial charge in [-0.15, -0.1) is 0 Å². The summed E-state index contributed by atoms with van der Waals surface area (Å²) in [7, 11) is 0. The maximum Gasteiger partial charge on any atom is 0.311 e. The third kappa shape index (κ3) is 2.87. The molecule has 1 N–H and O–H groups in total. The zero-order valence-electron chi connectivity index (χ0n) is 12.4. The Hall–Kier alpha value is -1.82. The van der Waals surface area contributed by atoms with Gasteiger partial charge in [0, 0.05) is 19.2 Å². The number of nitrogens with zero attached hydrogens (tertiary/aromatic N) is 1. The number of rotatable bonds is 4. The number of carboxylic acid groups (broad SMARTS) is 1. The predicted octanol–water partition coefficient (Wildman–Crippen LogP) is 2.57. The van der Waals surface area contributed by atoms with Gasteiger partial charge < -0.3 is 14.7 Å². The molecule has 0 unspecified atom stereocenters. The molecule has 7 heteroatoms. The van der Waals surface area contributed by atoms with Crippen LogP contribution in [0.4, 0.5) is 4.39 Å². The number of aliphatic carboxylic acids is 1. The summed E-state index contributed by atoms with van der Waals surface area (Å²) in [5, 5.41) is 9.45. The van der Waals surface area contributed by atoms with Gasteiger partial charge in [0.05, 0.1) is 10.4 Å². The summed E-state index contributed by atoms with van der Waals surface area (Å²) in [5.74, 6) is -1.32. The molecule has 1 saturated carbocycles. The van der Waals surface area contributed by atoms with Crippen LogP contribution >= 0.6 is 11.6 Å². The predicted molar refractivity (Wildman–Crippen MR) is 80.9 cm³/mol. The Morgan fingerprint density at radius 2 is 2.26 bits per heavy atom. The Morgan fingerprint density at radius 1 is 1.48 bits per heavy atom. The van der Waals surface area contributed by atoms with Crippen molar-refractivity contribution >= 4 is 23.5 Å². The van der Waals surface area contributed by atoms with E-state index in [1.54, 1.807) is 4.90 Å². The summed E-state index contributed by atoms with van der Waals surface area (Å²) < 4.78 is 18.4. The smallest absolute Gasteiger partial charge is 0.311 e. The molecular weight excluding hydrogens is 325 g/mol. The van der Waals surface area contributed by atoms with Gasteiger partial charge in [-0.3, -0.25) is 9.59 Å². The molecule has 1 heterocycles. The highest BCUT2D eigenvalue weighted by atomic mass is 35.5. The molecular formula is C16H17ClFNO4. The standard InChI is InChI=1S/C16H17ClFNO4/c17-12-6-11(3-4-13(12)18)23-8-14(20)19-7-10-2-1-5-16(10,9-19)15(21)22/h3-4,6,10H,1-2,5,7-9H2,(H,21,22)/t10-,16+/m0/s1. The van der Waals surface area contributed by atoms with Crippen LogP contribution in [0.3, 0.4) is 0 Å². The fourth-order valence-electron chi connectivity index (χ4n) is 3.63. The molecule has 3 rings (SSSR count). The number of ether oxygens (including phenoxy) is 1. The van der Waals surface area contributed by atoms with E-state index in [1.807, 2.05) is 0 Å². The van der Waals surface area contributed by atoms with E-state index in [2.05, 4.69) is 0 Å². The van der Waals surface area contributed by atoms with Crippen molar-refractivity contribution in [3.05, 3.63) is 29.0 Å².